The second kappa shape index (κ2) is 5.71. The van der Waals surface area contributed by atoms with Crippen LogP contribution in [0.25, 0.3) is 0 Å². The van der Waals surface area contributed by atoms with Crippen molar-refractivity contribution in [3.05, 3.63) is 53.3 Å². The van der Waals surface area contributed by atoms with Gasteiger partial charge >= 0.3 is 0 Å². The Hall–Kier alpha value is -2.07. The fourth-order valence-electron chi connectivity index (χ4n) is 1.57. The Bertz CT molecular complexity index is 581. The lowest BCUT2D eigenvalue weighted by Gasteiger charge is -2.13. The maximum Gasteiger partial charge on any atom is 0.274 e. The lowest BCUT2D eigenvalue weighted by Crippen LogP contribution is -2.14. The van der Waals surface area contributed by atoms with Gasteiger partial charge in [-0.1, -0.05) is 11.6 Å². The van der Waals surface area contributed by atoms with Gasteiger partial charge in [-0.2, -0.15) is 0 Å². The summed E-state index contributed by atoms with van der Waals surface area (Å²) in [5, 5.41) is 3.26. The molecular weight excluding hydrogens is 262 g/mol. The van der Waals surface area contributed by atoms with E-state index in [9.17, 15) is 4.79 Å². The molecule has 5 heteroatoms. The molecule has 0 aliphatic carbocycles. The van der Waals surface area contributed by atoms with Crippen LogP contribution in [-0.2, 0) is 0 Å². The number of carbonyl (C=O) groups is 1. The summed E-state index contributed by atoms with van der Waals surface area (Å²) in [7, 11) is 3.92. The van der Waals surface area contributed by atoms with Crippen LogP contribution in [0.5, 0.6) is 0 Å². The van der Waals surface area contributed by atoms with E-state index in [1.165, 1.54) is 12.3 Å². The third-order valence-electron chi connectivity index (χ3n) is 2.60. The molecule has 0 saturated heterocycles. The van der Waals surface area contributed by atoms with E-state index in [1.807, 2.05) is 43.3 Å². The maximum atomic E-state index is 11.9. The van der Waals surface area contributed by atoms with Gasteiger partial charge in [0, 0.05) is 36.7 Å². The van der Waals surface area contributed by atoms with Crippen LogP contribution < -0.4 is 10.2 Å². The Morgan fingerprint density at radius 2 is 1.89 bits per heavy atom. The molecule has 98 valence electrons. The maximum absolute atomic E-state index is 11.9. The Balaban J connectivity index is 2.10. The SMILES string of the molecule is CN(C)c1ccc(NC(=O)c2cc(Cl)ccn2)cc1. The van der Waals surface area contributed by atoms with Crippen LogP contribution in [0.4, 0.5) is 11.4 Å². The highest BCUT2D eigenvalue weighted by molar-refractivity contribution is 6.30. The molecule has 0 bridgehead atoms. The van der Waals surface area contributed by atoms with E-state index < -0.39 is 0 Å². The number of amides is 1. The molecule has 1 aromatic carbocycles. The quantitative estimate of drug-likeness (QED) is 0.936. The van der Waals surface area contributed by atoms with E-state index in [1.54, 1.807) is 6.07 Å². The zero-order valence-corrected chi connectivity index (χ0v) is 11.5. The highest BCUT2D eigenvalue weighted by Crippen LogP contribution is 2.16. The molecule has 1 aromatic heterocycles. The van der Waals surface area contributed by atoms with Crippen molar-refractivity contribution in [2.75, 3.05) is 24.3 Å². The second-order valence-corrected chi connectivity index (χ2v) is 4.69. The molecule has 2 rings (SSSR count). The number of benzene rings is 1. The first-order chi connectivity index (χ1) is 9.06. The Labute approximate surface area is 117 Å². The molecule has 0 aliphatic rings. The molecule has 0 fully saturated rings. The highest BCUT2D eigenvalue weighted by Gasteiger charge is 2.08. The van der Waals surface area contributed by atoms with Crippen molar-refractivity contribution in [1.82, 2.24) is 4.98 Å². The number of hydrogen-bond acceptors (Lipinski definition) is 3. The fourth-order valence-corrected chi connectivity index (χ4v) is 1.73. The summed E-state index contributed by atoms with van der Waals surface area (Å²) in [5.74, 6) is -0.278. The van der Waals surface area contributed by atoms with Gasteiger partial charge < -0.3 is 10.2 Å². The highest BCUT2D eigenvalue weighted by atomic mass is 35.5. The first-order valence-electron chi connectivity index (χ1n) is 5.76. The predicted octanol–water partition coefficient (Wildman–Crippen LogP) is 3.05. The molecule has 1 amide bonds. The van der Waals surface area contributed by atoms with Crippen LogP contribution >= 0.6 is 11.6 Å². The van der Waals surface area contributed by atoms with Crippen LogP contribution in [-0.4, -0.2) is 25.0 Å². The first-order valence-corrected chi connectivity index (χ1v) is 6.14. The molecular formula is C14H14ClN3O. The summed E-state index contributed by atoms with van der Waals surface area (Å²) >= 11 is 5.82. The molecule has 0 radical (unpaired) electrons. The Kier molecular flexibility index (Phi) is 4.02. The van der Waals surface area contributed by atoms with Crippen LogP contribution in [0.15, 0.2) is 42.6 Å². The summed E-state index contributed by atoms with van der Waals surface area (Å²) in [4.78, 5) is 17.9. The fraction of sp³-hybridized carbons (Fsp3) is 0.143. The molecule has 2 aromatic rings. The number of aromatic nitrogens is 1. The molecule has 0 spiro atoms. The minimum Gasteiger partial charge on any atom is -0.378 e. The summed E-state index contributed by atoms with van der Waals surface area (Å²) in [6.45, 7) is 0. The third-order valence-corrected chi connectivity index (χ3v) is 2.83. The van der Waals surface area contributed by atoms with Crippen LogP contribution in [0.2, 0.25) is 5.02 Å². The van der Waals surface area contributed by atoms with Crippen molar-refractivity contribution in [2.45, 2.75) is 0 Å². The largest absolute Gasteiger partial charge is 0.378 e. The molecule has 0 atom stereocenters. The number of halogens is 1. The summed E-state index contributed by atoms with van der Waals surface area (Å²) in [6, 6.07) is 10.7. The molecule has 19 heavy (non-hydrogen) atoms. The van der Waals surface area contributed by atoms with Gasteiger partial charge in [0.15, 0.2) is 0 Å². The van der Waals surface area contributed by atoms with Gasteiger partial charge in [-0.05, 0) is 36.4 Å². The molecule has 0 saturated carbocycles. The number of anilines is 2. The number of nitrogens with one attached hydrogen (secondary N) is 1. The number of carbonyl (C=O) groups excluding carboxylic acids is 1. The average Bonchev–Trinajstić information content (AvgIpc) is 2.39. The van der Waals surface area contributed by atoms with Gasteiger partial charge in [-0.25, -0.2) is 0 Å². The van der Waals surface area contributed by atoms with Gasteiger partial charge in [-0.3, -0.25) is 9.78 Å². The van der Waals surface area contributed by atoms with Crippen molar-refractivity contribution in [1.29, 1.82) is 0 Å². The normalized spacial score (nSPS) is 10.1. The average molecular weight is 276 g/mol. The lowest BCUT2D eigenvalue weighted by molar-refractivity contribution is 0.102. The second-order valence-electron chi connectivity index (χ2n) is 4.25. The summed E-state index contributed by atoms with van der Waals surface area (Å²) in [5.41, 5.74) is 2.08. The van der Waals surface area contributed by atoms with E-state index in [0.29, 0.717) is 10.7 Å². The van der Waals surface area contributed by atoms with Crippen molar-refractivity contribution in [3.63, 3.8) is 0 Å². The smallest absolute Gasteiger partial charge is 0.274 e. The van der Waals surface area contributed by atoms with E-state index in [4.69, 9.17) is 11.6 Å². The van der Waals surface area contributed by atoms with Crippen LogP contribution in [0.1, 0.15) is 10.5 Å². The Morgan fingerprint density at radius 1 is 1.21 bits per heavy atom. The molecule has 0 aliphatic heterocycles. The minimum atomic E-state index is -0.278. The monoisotopic (exact) mass is 275 g/mol. The minimum absolute atomic E-state index is 0.278. The van der Waals surface area contributed by atoms with Crippen molar-refractivity contribution < 1.29 is 4.79 Å². The standard InChI is InChI=1S/C14H14ClN3O/c1-18(2)12-5-3-11(4-6-12)17-14(19)13-9-10(15)7-8-16-13/h3-9H,1-2H3,(H,17,19). The van der Waals surface area contributed by atoms with E-state index in [2.05, 4.69) is 10.3 Å². The van der Waals surface area contributed by atoms with Crippen molar-refractivity contribution in [2.24, 2.45) is 0 Å². The van der Waals surface area contributed by atoms with Gasteiger partial charge in [0.05, 0.1) is 0 Å². The number of nitrogens with zero attached hydrogens (tertiary/aromatic N) is 2. The lowest BCUT2D eigenvalue weighted by atomic mass is 10.2. The van der Waals surface area contributed by atoms with E-state index in [-0.39, 0.29) is 5.91 Å². The zero-order valence-electron chi connectivity index (χ0n) is 10.7. The number of rotatable bonds is 3. The van der Waals surface area contributed by atoms with Crippen molar-refractivity contribution in [3.8, 4) is 0 Å². The van der Waals surface area contributed by atoms with Crippen molar-refractivity contribution >= 4 is 28.9 Å². The topological polar surface area (TPSA) is 45.2 Å². The van der Waals surface area contributed by atoms with Gasteiger partial charge in [0.2, 0.25) is 0 Å². The molecule has 1 heterocycles. The van der Waals surface area contributed by atoms with Gasteiger partial charge in [-0.15, -0.1) is 0 Å². The number of pyridine rings is 1. The first kappa shape index (κ1) is 13.4. The van der Waals surface area contributed by atoms with E-state index >= 15 is 0 Å². The number of hydrogen-bond donors (Lipinski definition) is 1. The molecule has 4 nitrogen and oxygen atoms in total. The van der Waals surface area contributed by atoms with Crippen LogP contribution in [0.3, 0.4) is 0 Å². The Morgan fingerprint density at radius 3 is 2.47 bits per heavy atom. The van der Waals surface area contributed by atoms with Gasteiger partial charge in [0.1, 0.15) is 5.69 Å². The van der Waals surface area contributed by atoms with E-state index in [0.717, 1.165) is 11.4 Å². The van der Waals surface area contributed by atoms with Crippen LogP contribution in [0, 0.1) is 0 Å². The zero-order chi connectivity index (χ0) is 13.8. The summed E-state index contributed by atoms with van der Waals surface area (Å²) < 4.78 is 0. The van der Waals surface area contributed by atoms with Gasteiger partial charge in [0.25, 0.3) is 5.91 Å². The molecule has 0 unspecified atom stereocenters. The predicted molar refractivity (Wildman–Crippen MR) is 78.0 cm³/mol. The summed E-state index contributed by atoms with van der Waals surface area (Å²) in [6.07, 6.45) is 1.51. The molecule has 1 N–H and O–H groups in total. The third kappa shape index (κ3) is 3.45.